The van der Waals surface area contributed by atoms with Crippen molar-refractivity contribution in [3.63, 3.8) is 0 Å². The van der Waals surface area contributed by atoms with E-state index in [1.54, 1.807) is 0 Å². The number of nitrogens with zero attached hydrogens (tertiary/aromatic N) is 3. The van der Waals surface area contributed by atoms with Crippen molar-refractivity contribution in [1.82, 2.24) is 15.0 Å². The van der Waals surface area contributed by atoms with Crippen LogP contribution in [0.2, 0.25) is 0 Å². The smallest absolute Gasteiger partial charge is 0.164 e. The Morgan fingerprint density at radius 3 is 0.583 bits per heavy atom. The van der Waals surface area contributed by atoms with Gasteiger partial charge in [-0.1, -0.05) is 188 Å². The molecule has 0 atom stereocenters. The molecule has 0 aliphatic heterocycles. The molecule has 7 aromatic carbocycles. The van der Waals surface area contributed by atoms with Gasteiger partial charge in [0, 0.05) is 16.7 Å². The van der Waals surface area contributed by atoms with Crippen molar-refractivity contribution in [2.24, 2.45) is 0 Å². The Hall–Kier alpha value is -6.45. The van der Waals surface area contributed by atoms with Gasteiger partial charge in [-0.05, 0) is 44.5 Å². The second kappa shape index (κ2) is 13.1. The van der Waals surface area contributed by atoms with E-state index in [2.05, 4.69) is 121 Å². The third-order valence-electron chi connectivity index (χ3n) is 8.60. The summed E-state index contributed by atoms with van der Waals surface area (Å²) in [6, 6.07) is 65.4. The molecule has 0 fully saturated rings. The maximum atomic E-state index is 4.87. The van der Waals surface area contributed by atoms with Crippen molar-refractivity contribution in [2.75, 3.05) is 0 Å². The van der Waals surface area contributed by atoms with E-state index < -0.39 is 0 Å². The average Bonchev–Trinajstić information content (AvgIpc) is 3.19. The molecule has 3 nitrogen and oxygen atoms in total. The van der Waals surface area contributed by atoms with E-state index in [0.717, 1.165) is 27.8 Å². The monoisotopic (exact) mass is 613 g/mol. The minimum Gasteiger partial charge on any atom is -0.208 e. The van der Waals surface area contributed by atoms with Gasteiger partial charge in [-0.3, -0.25) is 0 Å². The highest BCUT2D eigenvalue weighted by molar-refractivity contribution is 5.76. The molecular formula is C45H31N3. The largest absolute Gasteiger partial charge is 0.208 e. The predicted octanol–water partition coefficient (Wildman–Crippen LogP) is 11.5. The summed E-state index contributed by atoms with van der Waals surface area (Å²) in [6.07, 6.45) is 0. The van der Waals surface area contributed by atoms with Gasteiger partial charge in [-0.15, -0.1) is 0 Å². The maximum Gasteiger partial charge on any atom is 0.164 e. The third kappa shape index (κ3) is 6.18. The Morgan fingerprint density at radius 2 is 0.333 bits per heavy atom. The van der Waals surface area contributed by atoms with E-state index in [0.29, 0.717) is 17.5 Å². The highest BCUT2D eigenvalue weighted by Crippen LogP contribution is 2.31. The molecule has 0 N–H and O–H groups in total. The van der Waals surface area contributed by atoms with Gasteiger partial charge in [0.15, 0.2) is 17.5 Å². The van der Waals surface area contributed by atoms with E-state index in [4.69, 9.17) is 15.0 Å². The second-order valence-electron chi connectivity index (χ2n) is 11.7. The van der Waals surface area contributed by atoms with E-state index in [1.807, 2.05) is 66.7 Å². The van der Waals surface area contributed by atoms with Crippen molar-refractivity contribution < 1.29 is 0 Å². The number of hydrogen-bond donors (Lipinski definition) is 0. The highest BCUT2D eigenvalue weighted by Gasteiger charge is 2.12. The fraction of sp³-hybridized carbons (Fsp3) is 0. The number of hydrogen-bond acceptors (Lipinski definition) is 3. The van der Waals surface area contributed by atoms with E-state index >= 15 is 0 Å². The number of aromatic nitrogens is 3. The summed E-state index contributed by atoms with van der Waals surface area (Å²) in [5.41, 5.74) is 12.4. The van der Waals surface area contributed by atoms with Crippen LogP contribution in [0.3, 0.4) is 0 Å². The Labute approximate surface area is 280 Å². The summed E-state index contributed by atoms with van der Waals surface area (Å²) in [5, 5.41) is 0. The Morgan fingerprint density at radius 1 is 0.167 bits per heavy atom. The summed E-state index contributed by atoms with van der Waals surface area (Å²) in [4.78, 5) is 14.5. The molecule has 226 valence electrons. The van der Waals surface area contributed by atoms with Crippen LogP contribution in [0.5, 0.6) is 0 Å². The van der Waals surface area contributed by atoms with Crippen LogP contribution in [-0.2, 0) is 0 Å². The number of benzene rings is 7. The van der Waals surface area contributed by atoms with Gasteiger partial charge in [0.25, 0.3) is 0 Å². The van der Waals surface area contributed by atoms with Crippen molar-refractivity contribution in [3.8, 4) is 78.7 Å². The summed E-state index contributed by atoms with van der Waals surface area (Å²) < 4.78 is 0. The zero-order valence-electron chi connectivity index (χ0n) is 26.2. The normalized spacial score (nSPS) is 10.9. The van der Waals surface area contributed by atoms with Crippen LogP contribution in [-0.4, -0.2) is 15.0 Å². The molecule has 0 saturated heterocycles. The van der Waals surface area contributed by atoms with Crippen LogP contribution in [0, 0.1) is 0 Å². The van der Waals surface area contributed by atoms with Gasteiger partial charge in [-0.25, -0.2) is 15.0 Å². The first kappa shape index (κ1) is 29.0. The van der Waals surface area contributed by atoms with E-state index in [-0.39, 0.29) is 0 Å². The van der Waals surface area contributed by atoms with Crippen LogP contribution < -0.4 is 0 Å². The number of rotatable bonds is 7. The van der Waals surface area contributed by atoms with Crippen LogP contribution in [0.15, 0.2) is 188 Å². The van der Waals surface area contributed by atoms with Gasteiger partial charge in [0.05, 0.1) is 0 Å². The van der Waals surface area contributed by atoms with Gasteiger partial charge in [0.1, 0.15) is 0 Å². The van der Waals surface area contributed by atoms with Gasteiger partial charge in [-0.2, -0.15) is 0 Å². The van der Waals surface area contributed by atoms with Gasteiger partial charge in [0.2, 0.25) is 0 Å². The topological polar surface area (TPSA) is 38.7 Å². The summed E-state index contributed by atoms with van der Waals surface area (Å²) in [5.74, 6) is 1.97. The van der Waals surface area contributed by atoms with Crippen molar-refractivity contribution in [2.45, 2.75) is 0 Å². The molecule has 0 amide bonds. The SMILES string of the molecule is c1ccc(-c2ccc(-c3ccc(-c4ccc(-c5ccc(-c6nc(-c7ccccc7)nc(-c7ccccc7)n6)cc5)cc4)cc3)cc2)cc1. The van der Waals surface area contributed by atoms with Crippen LogP contribution >= 0.6 is 0 Å². The van der Waals surface area contributed by atoms with Crippen LogP contribution in [0.25, 0.3) is 78.7 Å². The minimum atomic E-state index is 0.653. The Kier molecular flexibility index (Phi) is 7.92. The quantitative estimate of drug-likeness (QED) is 0.179. The predicted molar refractivity (Wildman–Crippen MR) is 198 cm³/mol. The molecule has 0 unspecified atom stereocenters. The lowest BCUT2D eigenvalue weighted by Gasteiger charge is -2.10. The average molecular weight is 614 g/mol. The molecule has 0 aliphatic carbocycles. The zero-order valence-corrected chi connectivity index (χ0v) is 26.2. The summed E-state index contributed by atoms with van der Waals surface area (Å²) in [7, 11) is 0. The van der Waals surface area contributed by atoms with E-state index in [9.17, 15) is 0 Å². The van der Waals surface area contributed by atoms with Gasteiger partial charge >= 0.3 is 0 Å². The van der Waals surface area contributed by atoms with Gasteiger partial charge < -0.3 is 0 Å². The summed E-state index contributed by atoms with van der Waals surface area (Å²) >= 11 is 0. The Balaban J connectivity index is 1.01. The first-order valence-corrected chi connectivity index (χ1v) is 16.1. The van der Waals surface area contributed by atoms with Crippen molar-refractivity contribution in [3.05, 3.63) is 188 Å². The fourth-order valence-electron chi connectivity index (χ4n) is 5.95. The molecule has 8 rings (SSSR count). The molecule has 0 aliphatic rings. The van der Waals surface area contributed by atoms with Crippen LogP contribution in [0.4, 0.5) is 0 Å². The molecule has 0 radical (unpaired) electrons. The molecule has 0 spiro atoms. The molecule has 8 aromatic rings. The lowest BCUT2D eigenvalue weighted by atomic mass is 9.97. The van der Waals surface area contributed by atoms with Crippen molar-refractivity contribution in [1.29, 1.82) is 0 Å². The third-order valence-corrected chi connectivity index (χ3v) is 8.60. The lowest BCUT2D eigenvalue weighted by Crippen LogP contribution is -2.00. The first-order chi connectivity index (χ1) is 23.8. The standard InChI is InChI=1S/C45H31N3/c1-4-10-32(11-5-1)33-16-18-34(19-17-33)35-20-22-36(23-21-35)37-24-26-38(27-25-37)39-28-30-42(31-29-39)45-47-43(40-12-6-2-7-13-40)46-44(48-45)41-14-8-3-9-15-41/h1-31H. The molecule has 0 bridgehead atoms. The molecule has 0 saturated carbocycles. The lowest BCUT2D eigenvalue weighted by molar-refractivity contribution is 1.07. The first-order valence-electron chi connectivity index (χ1n) is 16.1. The molecule has 48 heavy (non-hydrogen) atoms. The molecular weight excluding hydrogens is 583 g/mol. The maximum absolute atomic E-state index is 4.87. The van der Waals surface area contributed by atoms with Crippen LogP contribution in [0.1, 0.15) is 0 Å². The minimum absolute atomic E-state index is 0.653. The van der Waals surface area contributed by atoms with E-state index in [1.165, 1.54) is 33.4 Å². The molecule has 1 heterocycles. The molecule has 1 aromatic heterocycles. The second-order valence-corrected chi connectivity index (χ2v) is 11.7. The Bertz CT molecular complexity index is 2210. The highest BCUT2D eigenvalue weighted by atomic mass is 15.0. The molecule has 3 heteroatoms. The summed E-state index contributed by atoms with van der Waals surface area (Å²) in [6.45, 7) is 0. The zero-order chi connectivity index (χ0) is 32.1. The van der Waals surface area contributed by atoms with Crippen molar-refractivity contribution >= 4 is 0 Å². The fourth-order valence-corrected chi connectivity index (χ4v) is 5.95.